The monoisotopic (exact) mass is 146 g/mol. The predicted octanol–water partition coefficient (Wildman–Crippen LogP) is 0.0619. The van der Waals surface area contributed by atoms with E-state index in [4.69, 9.17) is 0 Å². The molecule has 0 aliphatic heterocycles. The van der Waals surface area contributed by atoms with Gasteiger partial charge in [-0.1, -0.05) is 6.07 Å². The molecule has 2 heterocycles. The zero-order valence-electron chi connectivity index (χ0n) is 5.52. The molecule has 2 rings (SSSR count). The number of nitrogens with zero attached hydrogens (tertiary/aromatic N) is 4. The van der Waals surface area contributed by atoms with Gasteiger partial charge < -0.3 is 0 Å². The van der Waals surface area contributed by atoms with Gasteiger partial charge >= 0.3 is 0 Å². The van der Waals surface area contributed by atoms with E-state index < -0.39 is 0 Å². The number of rotatable bonds is 1. The number of H-pyrrole nitrogens is 1. The van der Waals surface area contributed by atoms with Crippen LogP contribution in [0.3, 0.4) is 0 Å². The Morgan fingerprint density at radius 3 is 3.09 bits per heavy atom. The molecule has 0 bridgehead atoms. The summed E-state index contributed by atoms with van der Waals surface area (Å²) in [5, 5.41) is 13.1. The van der Waals surface area contributed by atoms with Crippen LogP contribution in [0.4, 0.5) is 0 Å². The van der Waals surface area contributed by atoms with Crippen molar-refractivity contribution in [2.75, 3.05) is 0 Å². The lowest BCUT2D eigenvalue weighted by Crippen LogP contribution is -1.84. The van der Waals surface area contributed by atoms with Gasteiger partial charge in [0.25, 0.3) is 0 Å². The largest absolute Gasteiger partial charge is 0.252 e. The van der Waals surface area contributed by atoms with Gasteiger partial charge in [-0.2, -0.15) is 0 Å². The van der Waals surface area contributed by atoms with E-state index in [1.807, 2.05) is 0 Å². The summed E-state index contributed by atoms with van der Waals surface area (Å²) >= 11 is 0. The lowest BCUT2D eigenvalue weighted by atomic mass is 10.3. The average molecular weight is 146 g/mol. The van der Waals surface area contributed by atoms with Crippen molar-refractivity contribution in [3.05, 3.63) is 24.4 Å². The van der Waals surface area contributed by atoms with E-state index in [-0.39, 0.29) is 0 Å². The molecule has 0 aliphatic carbocycles. The summed E-state index contributed by atoms with van der Waals surface area (Å²) in [6.07, 6.45) is 1.66. The molecule has 0 atom stereocenters. The van der Waals surface area contributed by atoms with E-state index >= 15 is 0 Å². The highest BCUT2D eigenvalue weighted by Gasteiger charge is 1.99. The molecule has 5 heteroatoms. The highest BCUT2D eigenvalue weighted by Crippen LogP contribution is 2.05. The van der Waals surface area contributed by atoms with Gasteiger partial charge in [0.05, 0.1) is 0 Å². The number of nitrogens with one attached hydrogen (secondary N) is 1. The Morgan fingerprint density at radius 1 is 1.45 bits per heavy atom. The molecule has 0 saturated carbocycles. The van der Waals surface area contributed by atoms with Gasteiger partial charge in [0, 0.05) is 12.3 Å². The summed E-state index contributed by atoms with van der Waals surface area (Å²) < 4.78 is 0. The molecule has 0 unspecified atom stereocenters. The van der Waals surface area contributed by atoms with E-state index in [1.165, 1.54) is 0 Å². The maximum atomic E-state index is 3.99. The predicted molar refractivity (Wildman–Crippen MR) is 36.2 cm³/mol. The first-order valence-electron chi connectivity index (χ1n) is 3.03. The molecule has 2 aromatic heterocycles. The highest BCUT2D eigenvalue weighted by molar-refractivity contribution is 5.45. The van der Waals surface area contributed by atoms with E-state index in [2.05, 4.69) is 31.7 Å². The molecule has 0 aromatic carbocycles. The van der Waals surface area contributed by atoms with Crippen LogP contribution in [0.5, 0.6) is 0 Å². The Morgan fingerprint density at radius 2 is 2.45 bits per heavy atom. The zero-order chi connectivity index (χ0) is 7.52. The minimum Gasteiger partial charge on any atom is -0.252 e. The third-order valence-corrected chi connectivity index (χ3v) is 1.18. The molecule has 1 radical (unpaired) electrons. The maximum absolute atomic E-state index is 3.99. The first-order chi connectivity index (χ1) is 5.47. The molecule has 5 nitrogen and oxygen atoms in total. The lowest BCUT2D eigenvalue weighted by Gasteiger charge is -1.88. The molecule has 0 saturated heterocycles. The maximum Gasteiger partial charge on any atom is 0.198 e. The number of aromatic amines is 1. The van der Waals surface area contributed by atoms with Crippen LogP contribution in [0, 0.1) is 6.07 Å². The fourth-order valence-electron chi connectivity index (χ4n) is 0.714. The van der Waals surface area contributed by atoms with Crippen LogP contribution < -0.4 is 0 Å². The molecular formula is C6H4N5. The van der Waals surface area contributed by atoms with Crippen molar-refractivity contribution >= 4 is 0 Å². The van der Waals surface area contributed by atoms with E-state index in [0.717, 1.165) is 0 Å². The smallest absolute Gasteiger partial charge is 0.198 e. The molecule has 0 fully saturated rings. The number of pyridine rings is 1. The van der Waals surface area contributed by atoms with Gasteiger partial charge in [0.15, 0.2) is 5.82 Å². The third kappa shape index (κ3) is 1.07. The fraction of sp³-hybridized carbons (Fsp3) is 0. The first-order valence-corrected chi connectivity index (χ1v) is 3.03. The molecule has 0 aliphatic rings. The molecule has 0 spiro atoms. The molecule has 2 aromatic rings. The van der Waals surface area contributed by atoms with E-state index in [1.54, 1.807) is 18.3 Å². The minimum absolute atomic E-state index is 0.533. The van der Waals surface area contributed by atoms with Crippen molar-refractivity contribution in [1.82, 2.24) is 25.6 Å². The topological polar surface area (TPSA) is 67.3 Å². The summed E-state index contributed by atoms with van der Waals surface area (Å²) in [5.74, 6) is 0.533. The molecule has 1 N–H and O–H groups in total. The number of hydrogen-bond acceptors (Lipinski definition) is 4. The summed E-state index contributed by atoms with van der Waals surface area (Å²) in [7, 11) is 0. The van der Waals surface area contributed by atoms with Crippen LogP contribution in [0.25, 0.3) is 11.5 Å². The van der Waals surface area contributed by atoms with Crippen molar-refractivity contribution in [2.24, 2.45) is 0 Å². The molecular weight excluding hydrogens is 142 g/mol. The van der Waals surface area contributed by atoms with Crippen LogP contribution in [-0.2, 0) is 0 Å². The van der Waals surface area contributed by atoms with Crippen LogP contribution in [0.15, 0.2) is 18.3 Å². The van der Waals surface area contributed by atoms with Crippen LogP contribution in [-0.4, -0.2) is 25.6 Å². The second-order valence-corrected chi connectivity index (χ2v) is 1.88. The van der Waals surface area contributed by atoms with Crippen molar-refractivity contribution < 1.29 is 0 Å². The van der Waals surface area contributed by atoms with Crippen LogP contribution in [0.2, 0.25) is 0 Å². The normalized spacial score (nSPS) is 9.82. The van der Waals surface area contributed by atoms with Gasteiger partial charge in [-0.25, -0.2) is 5.10 Å². The zero-order valence-corrected chi connectivity index (χ0v) is 5.52. The molecule has 53 valence electrons. The Balaban J connectivity index is 2.46. The Hall–Kier alpha value is -1.78. The second-order valence-electron chi connectivity index (χ2n) is 1.88. The average Bonchev–Trinajstić information content (AvgIpc) is 2.58. The SMILES string of the molecule is [c]1cccnc1-c1nnn[nH]1. The van der Waals surface area contributed by atoms with Crippen molar-refractivity contribution in [3.63, 3.8) is 0 Å². The molecule has 0 amide bonds. The van der Waals surface area contributed by atoms with Crippen LogP contribution >= 0.6 is 0 Å². The summed E-state index contributed by atoms with van der Waals surface area (Å²) in [6.45, 7) is 0. The number of hydrogen-bond donors (Lipinski definition) is 1. The second kappa shape index (κ2) is 2.45. The Bertz CT molecular complexity index is 314. The molecule has 11 heavy (non-hydrogen) atoms. The standard InChI is InChI=1S/C6H4N5/c1-2-4-7-5(3-1)6-8-10-11-9-6/h1-2,4H,(H,8,9,10,11). The first kappa shape index (κ1) is 5.96. The highest BCUT2D eigenvalue weighted by atomic mass is 15.5. The van der Waals surface area contributed by atoms with Gasteiger partial charge in [0.1, 0.15) is 5.69 Å². The summed E-state index contributed by atoms with van der Waals surface area (Å²) in [6, 6.07) is 6.43. The van der Waals surface area contributed by atoms with Crippen molar-refractivity contribution in [2.45, 2.75) is 0 Å². The Labute approximate surface area is 62.5 Å². The van der Waals surface area contributed by atoms with Crippen molar-refractivity contribution in [3.8, 4) is 11.5 Å². The quantitative estimate of drug-likeness (QED) is 0.617. The Kier molecular flexibility index (Phi) is 1.33. The number of tetrazole rings is 1. The van der Waals surface area contributed by atoms with Gasteiger partial charge in [0.2, 0.25) is 0 Å². The summed E-state index contributed by atoms with van der Waals surface area (Å²) in [4.78, 5) is 3.99. The van der Waals surface area contributed by atoms with Crippen LogP contribution in [0.1, 0.15) is 0 Å². The lowest BCUT2D eigenvalue weighted by molar-refractivity contribution is 0.881. The van der Waals surface area contributed by atoms with E-state index in [9.17, 15) is 0 Å². The van der Waals surface area contributed by atoms with Gasteiger partial charge in [-0.3, -0.25) is 4.98 Å². The van der Waals surface area contributed by atoms with Gasteiger partial charge in [-0.05, 0) is 16.5 Å². The number of aromatic nitrogens is 5. The van der Waals surface area contributed by atoms with Crippen molar-refractivity contribution in [1.29, 1.82) is 0 Å². The summed E-state index contributed by atoms with van der Waals surface area (Å²) in [5.41, 5.74) is 0.623. The minimum atomic E-state index is 0.533. The fourth-order valence-corrected chi connectivity index (χ4v) is 0.714. The van der Waals surface area contributed by atoms with E-state index in [0.29, 0.717) is 11.5 Å². The third-order valence-electron chi connectivity index (χ3n) is 1.18. The van der Waals surface area contributed by atoms with Gasteiger partial charge in [-0.15, -0.1) is 5.10 Å².